The molecule has 0 bridgehead atoms. The summed E-state index contributed by atoms with van der Waals surface area (Å²) in [7, 11) is 0. The van der Waals surface area contributed by atoms with Gasteiger partial charge in [0.2, 0.25) is 11.8 Å². The summed E-state index contributed by atoms with van der Waals surface area (Å²) in [6.45, 7) is 4.03. The normalized spacial score (nSPS) is 27.4. The van der Waals surface area contributed by atoms with Gasteiger partial charge in [-0.25, -0.2) is 0 Å². The molecule has 4 unspecified atom stereocenters. The van der Waals surface area contributed by atoms with E-state index in [4.69, 9.17) is 16.9 Å². The Labute approximate surface area is 268 Å². The first-order valence-corrected chi connectivity index (χ1v) is 17.1. The Bertz CT molecular complexity index is 1310. The average molecular weight is 616 g/mol. The van der Waals surface area contributed by atoms with E-state index in [0.717, 1.165) is 36.8 Å². The number of nitrogens with zero attached hydrogens (tertiary/aromatic N) is 1. The molecule has 1 heterocycles. The molecule has 8 nitrogen and oxygen atoms in total. The summed E-state index contributed by atoms with van der Waals surface area (Å²) in [5.41, 5.74) is 12.8. The minimum atomic E-state index is -1.17. The van der Waals surface area contributed by atoms with Crippen LogP contribution in [0.4, 0.5) is 0 Å². The lowest BCUT2D eigenvalue weighted by Crippen LogP contribution is -2.52. The highest BCUT2D eigenvalue weighted by molar-refractivity contribution is 5.92. The van der Waals surface area contributed by atoms with Gasteiger partial charge in [-0.3, -0.25) is 19.9 Å². The Balaban J connectivity index is 1.54. The average Bonchev–Trinajstić information content (AvgIpc) is 3.41. The topological polar surface area (TPSA) is 146 Å². The van der Waals surface area contributed by atoms with Gasteiger partial charge < -0.3 is 21.9 Å². The second-order valence-corrected chi connectivity index (χ2v) is 14.5. The van der Waals surface area contributed by atoms with Crippen molar-refractivity contribution in [1.82, 2.24) is 10.2 Å². The SMILES string of the molecule is CC(C)(O)[C@@H](NC(=O)C1CC2(C3CCCCCCCC3)CCC(C(=N)N)CC2N1Cc1ccc(C(N)=O)cc1)c1ccccc1. The third-order valence-electron chi connectivity index (χ3n) is 11.1. The van der Waals surface area contributed by atoms with E-state index in [-0.39, 0.29) is 29.1 Å². The van der Waals surface area contributed by atoms with Crippen LogP contribution < -0.4 is 16.8 Å². The van der Waals surface area contributed by atoms with Crippen molar-refractivity contribution < 1.29 is 14.7 Å². The summed E-state index contributed by atoms with van der Waals surface area (Å²) in [6.07, 6.45) is 13.3. The van der Waals surface area contributed by atoms with Crippen molar-refractivity contribution >= 4 is 17.6 Å². The maximum absolute atomic E-state index is 14.6. The van der Waals surface area contributed by atoms with E-state index < -0.39 is 23.6 Å². The number of hydrogen-bond donors (Lipinski definition) is 5. The molecule has 1 saturated heterocycles. The molecule has 1 aliphatic heterocycles. The van der Waals surface area contributed by atoms with Crippen molar-refractivity contribution in [3.63, 3.8) is 0 Å². The van der Waals surface area contributed by atoms with Gasteiger partial charge in [-0.2, -0.15) is 0 Å². The minimum absolute atomic E-state index is 0.00514. The van der Waals surface area contributed by atoms with Crippen LogP contribution in [0, 0.1) is 22.7 Å². The van der Waals surface area contributed by atoms with Crippen LogP contribution in [-0.2, 0) is 11.3 Å². The molecule has 2 aromatic carbocycles. The third-order valence-corrected chi connectivity index (χ3v) is 11.1. The van der Waals surface area contributed by atoms with E-state index in [0.29, 0.717) is 18.0 Å². The lowest BCUT2D eigenvalue weighted by atomic mass is 9.58. The highest BCUT2D eigenvalue weighted by Gasteiger charge is 2.59. The molecule has 8 heteroatoms. The van der Waals surface area contributed by atoms with Crippen molar-refractivity contribution in [2.45, 2.75) is 121 Å². The fourth-order valence-corrected chi connectivity index (χ4v) is 8.76. The number of aliphatic hydroxyl groups is 1. The fraction of sp³-hybridized carbons (Fsp3) is 0.595. The monoisotopic (exact) mass is 615 g/mol. The molecule has 45 heavy (non-hydrogen) atoms. The maximum atomic E-state index is 14.6. The molecule has 2 saturated carbocycles. The van der Waals surface area contributed by atoms with Gasteiger partial charge in [0.05, 0.1) is 23.5 Å². The molecule has 244 valence electrons. The highest BCUT2D eigenvalue weighted by Crippen LogP contribution is 2.58. The summed E-state index contributed by atoms with van der Waals surface area (Å²) >= 11 is 0. The lowest BCUT2D eigenvalue weighted by molar-refractivity contribution is -0.129. The first-order chi connectivity index (χ1) is 21.5. The van der Waals surface area contributed by atoms with E-state index >= 15 is 0 Å². The first-order valence-electron chi connectivity index (χ1n) is 17.1. The van der Waals surface area contributed by atoms with Crippen LogP contribution in [0.1, 0.15) is 118 Å². The van der Waals surface area contributed by atoms with Gasteiger partial charge in [0.25, 0.3) is 0 Å². The number of nitrogens with one attached hydrogen (secondary N) is 2. The zero-order chi connectivity index (χ0) is 32.2. The number of carbonyl (C=O) groups excluding carboxylic acids is 2. The Morgan fingerprint density at radius 3 is 2.18 bits per heavy atom. The molecule has 3 aliphatic rings. The number of fused-ring (bicyclic) bond motifs is 1. The first kappa shape index (κ1) is 33.1. The van der Waals surface area contributed by atoms with Gasteiger partial charge in [-0.15, -0.1) is 0 Å². The van der Waals surface area contributed by atoms with Crippen LogP contribution in [-0.4, -0.2) is 45.3 Å². The van der Waals surface area contributed by atoms with E-state index in [2.05, 4.69) is 10.2 Å². The smallest absolute Gasteiger partial charge is 0.248 e. The summed E-state index contributed by atoms with van der Waals surface area (Å²) in [4.78, 5) is 28.8. The summed E-state index contributed by atoms with van der Waals surface area (Å²) < 4.78 is 0. The largest absolute Gasteiger partial charge is 0.388 e. The second kappa shape index (κ2) is 14.0. The number of nitrogens with two attached hydrogens (primary N) is 2. The Hall–Kier alpha value is -3.23. The number of likely N-dealkylation sites (tertiary alicyclic amines) is 1. The van der Waals surface area contributed by atoms with Gasteiger partial charge in [-0.05, 0) is 87.0 Å². The Kier molecular flexibility index (Phi) is 10.3. The summed E-state index contributed by atoms with van der Waals surface area (Å²) in [6, 6.07) is 16.2. The molecular weight excluding hydrogens is 562 g/mol. The van der Waals surface area contributed by atoms with Crippen LogP contribution >= 0.6 is 0 Å². The molecule has 2 aromatic rings. The quantitative estimate of drug-likeness (QED) is 0.178. The van der Waals surface area contributed by atoms with Crippen LogP contribution in [0.3, 0.4) is 0 Å². The molecule has 0 spiro atoms. The predicted molar refractivity (Wildman–Crippen MR) is 178 cm³/mol. The predicted octanol–water partition coefficient (Wildman–Crippen LogP) is 5.83. The van der Waals surface area contributed by atoms with Crippen LogP contribution in [0.25, 0.3) is 0 Å². The summed E-state index contributed by atoms with van der Waals surface area (Å²) in [5, 5.41) is 22.9. The van der Waals surface area contributed by atoms with E-state index in [1.807, 2.05) is 42.5 Å². The minimum Gasteiger partial charge on any atom is -0.388 e. The molecule has 5 atom stereocenters. The molecule has 2 amide bonds. The van der Waals surface area contributed by atoms with Gasteiger partial charge >= 0.3 is 0 Å². The van der Waals surface area contributed by atoms with Crippen molar-refractivity contribution in [2.75, 3.05) is 0 Å². The number of rotatable bonds is 9. The molecule has 0 radical (unpaired) electrons. The number of carbonyl (C=O) groups is 2. The van der Waals surface area contributed by atoms with E-state index in [1.165, 1.54) is 51.4 Å². The van der Waals surface area contributed by atoms with Crippen molar-refractivity contribution in [3.05, 3.63) is 71.3 Å². The molecule has 0 aromatic heterocycles. The number of primary amides is 1. The standard InChI is InChI=1S/C37H53N5O3/c1-36(2,45)32(26-12-8-7-9-13-26)41-35(44)30-23-37(29-14-10-5-3-4-6-11-15-29)21-20-28(33(38)39)22-31(37)42(30)24-25-16-18-27(19-17-25)34(40)43/h7-9,12-13,16-19,28-32,45H,3-6,10-11,14-15,20-24H2,1-2H3,(H3,38,39)(H2,40,43)(H,41,44)/t28?,30?,31?,32-,37?/m0/s1. The molecular formula is C37H53N5O3. The zero-order valence-corrected chi connectivity index (χ0v) is 27.1. The highest BCUT2D eigenvalue weighted by atomic mass is 16.3. The maximum Gasteiger partial charge on any atom is 0.248 e. The lowest BCUT2D eigenvalue weighted by Gasteiger charge is -2.49. The van der Waals surface area contributed by atoms with Gasteiger partial charge in [0.1, 0.15) is 0 Å². The second-order valence-electron chi connectivity index (χ2n) is 14.5. The zero-order valence-electron chi connectivity index (χ0n) is 27.1. The molecule has 2 aliphatic carbocycles. The van der Waals surface area contributed by atoms with Crippen molar-refractivity contribution in [1.29, 1.82) is 5.41 Å². The van der Waals surface area contributed by atoms with Crippen molar-refractivity contribution in [3.8, 4) is 0 Å². The van der Waals surface area contributed by atoms with Gasteiger partial charge in [-0.1, -0.05) is 81.0 Å². The van der Waals surface area contributed by atoms with E-state index in [1.54, 1.807) is 26.0 Å². The Morgan fingerprint density at radius 1 is 0.978 bits per heavy atom. The van der Waals surface area contributed by atoms with Gasteiger partial charge in [0, 0.05) is 24.1 Å². The number of hydrogen-bond acceptors (Lipinski definition) is 5. The summed E-state index contributed by atoms with van der Waals surface area (Å²) in [5.74, 6) is 0.202. The molecule has 7 N–H and O–H groups in total. The Morgan fingerprint density at radius 2 is 1.60 bits per heavy atom. The van der Waals surface area contributed by atoms with Crippen LogP contribution in [0.2, 0.25) is 0 Å². The molecule has 3 fully saturated rings. The third kappa shape index (κ3) is 7.44. The fourth-order valence-electron chi connectivity index (χ4n) is 8.76. The van der Waals surface area contributed by atoms with Crippen molar-refractivity contribution in [2.24, 2.45) is 28.7 Å². The number of benzene rings is 2. The van der Waals surface area contributed by atoms with Gasteiger partial charge in [0.15, 0.2) is 0 Å². The number of amidine groups is 1. The van der Waals surface area contributed by atoms with Crippen LogP contribution in [0.5, 0.6) is 0 Å². The number of amides is 2. The van der Waals surface area contributed by atoms with Crippen LogP contribution in [0.15, 0.2) is 54.6 Å². The van der Waals surface area contributed by atoms with E-state index in [9.17, 15) is 14.7 Å². The molecule has 5 rings (SSSR count).